The second-order valence-corrected chi connectivity index (χ2v) is 8.23. The monoisotopic (exact) mass is 418 g/mol. The summed E-state index contributed by atoms with van der Waals surface area (Å²) in [6, 6.07) is 14.4. The van der Waals surface area contributed by atoms with Crippen LogP contribution in [0.1, 0.15) is 35.5 Å². The van der Waals surface area contributed by atoms with Crippen molar-refractivity contribution in [2.24, 2.45) is 0 Å². The highest BCUT2D eigenvalue weighted by atomic mass is 32.1. The van der Waals surface area contributed by atoms with Gasteiger partial charge in [-0.1, -0.05) is 29.8 Å². The van der Waals surface area contributed by atoms with Gasteiger partial charge in [0.25, 0.3) is 5.91 Å². The second kappa shape index (κ2) is 8.32. The van der Waals surface area contributed by atoms with E-state index < -0.39 is 0 Å². The smallest absolute Gasteiger partial charge is 0.273 e. The summed E-state index contributed by atoms with van der Waals surface area (Å²) in [5.41, 5.74) is 6.77. The maximum absolute atomic E-state index is 13.0. The fourth-order valence-corrected chi connectivity index (χ4v) is 4.42. The Balaban J connectivity index is 1.58. The van der Waals surface area contributed by atoms with E-state index in [1.54, 1.807) is 0 Å². The van der Waals surface area contributed by atoms with Gasteiger partial charge in [0, 0.05) is 41.6 Å². The van der Waals surface area contributed by atoms with Crippen molar-refractivity contribution in [1.29, 1.82) is 0 Å². The first-order valence-electron chi connectivity index (χ1n) is 10.2. The SMILES string of the molecule is CCN(CC)c1ccc(NC(=O)c2csc3nc(-c4ccc(C)cc4)cn23)c(C)c1. The van der Waals surface area contributed by atoms with Gasteiger partial charge in [-0.15, -0.1) is 11.3 Å². The molecule has 0 atom stereocenters. The third kappa shape index (κ3) is 3.83. The summed E-state index contributed by atoms with van der Waals surface area (Å²) in [6.45, 7) is 10.3. The summed E-state index contributed by atoms with van der Waals surface area (Å²) in [7, 11) is 0. The fraction of sp³-hybridized carbons (Fsp3) is 0.250. The van der Waals surface area contributed by atoms with Crippen LogP contribution < -0.4 is 10.2 Å². The van der Waals surface area contributed by atoms with Crippen LogP contribution in [0.4, 0.5) is 11.4 Å². The highest BCUT2D eigenvalue weighted by molar-refractivity contribution is 7.15. The van der Waals surface area contributed by atoms with Crippen LogP contribution in [0.5, 0.6) is 0 Å². The molecule has 0 fully saturated rings. The first kappa shape index (κ1) is 20.2. The van der Waals surface area contributed by atoms with Gasteiger partial charge in [0.15, 0.2) is 4.96 Å². The highest BCUT2D eigenvalue weighted by Crippen LogP contribution is 2.26. The molecular formula is C24H26N4OS. The van der Waals surface area contributed by atoms with Crippen LogP contribution in [0, 0.1) is 13.8 Å². The topological polar surface area (TPSA) is 49.6 Å². The number of carbonyl (C=O) groups is 1. The lowest BCUT2D eigenvalue weighted by atomic mass is 10.1. The summed E-state index contributed by atoms with van der Waals surface area (Å²) >= 11 is 1.47. The number of nitrogens with zero attached hydrogens (tertiary/aromatic N) is 3. The number of fused-ring (bicyclic) bond motifs is 1. The number of aromatic nitrogens is 2. The molecule has 5 nitrogen and oxygen atoms in total. The lowest BCUT2D eigenvalue weighted by molar-refractivity contribution is 0.102. The predicted molar refractivity (Wildman–Crippen MR) is 126 cm³/mol. The Labute approximate surface area is 181 Å². The zero-order valence-electron chi connectivity index (χ0n) is 17.8. The molecule has 0 unspecified atom stereocenters. The van der Waals surface area contributed by atoms with Crippen molar-refractivity contribution in [3.8, 4) is 11.3 Å². The van der Waals surface area contributed by atoms with Crippen LogP contribution in [-0.2, 0) is 0 Å². The Morgan fingerprint density at radius 2 is 1.83 bits per heavy atom. The Morgan fingerprint density at radius 1 is 1.10 bits per heavy atom. The van der Waals surface area contributed by atoms with Gasteiger partial charge in [-0.2, -0.15) is 0 Å². The van der Waals surface area contributed by atoms with Crippen LogP contribution in [0.2, 0.25) is 0 Å². The molecule has 0 aliphatic carbocycles. The number of benzene rings is 2. The van der Waals surface area contributed by atoms with Crippen molar-refractivity contribution >= 4 is 33.6 Å². The van der Waals surface area contributed by atoms with E-state index >= 15 is 0 Å². The Hall–Kier alpha value is -3.12. The molecule has 0 saturated carbocycles. The zero-order valence-corrected chi connectivity index (χ0v) is 18.6. The minimum atomic E-state index is -0.132. The van der Waals surface area contributed by atoms with E-state index in [1.165, 1.54) is 22.6 Å². The molecule has 2 aromatic carbocycles. The van der Waals surface area contributed by atoms with Gasteiger partial charge in [-0.05, 0) is 51.5 Å². The number of imidazole rings is 1. The number of aryl methyl sites for hydroxylation is 2. The van der Waals surface area contributed by atoms with E-state index in [4.69, 9.17) is 0 Å². The largest absolute Gasteiger partial charge is 0.372 e. The molecule has 0 bridgehead atoms. The first-order valence-corrected chi connectivity index (χ1v) is 11.1. The molecule has 4 rings (SSSR count). The molecular weight excluding hydrogens is 392 g/mol. The maximum Gasteiger partial charge on any atom is 0.273 e. The number of amides is 1. The molecule has 2 aromatic heterocycles. The average Bonchev–Trinajstić information content (AvgIpc) is 3.32. The number of thiazole rings is 1. The highest BCUT2D eigenvalue weighted by Gasteiger charge is 2.16. The molecule has 1 N–H and O–H groups in total. The number of hydrogen-bond donors (Lipinski definition) is 1. The number of nitrogens with one attached hydrogen (secondary N) is 1. The van der Waals surface area contributed by atoms with Crippen LogP contribution in [0.3, 0.4) is 0 Å². The predicted octanol–water partition coefficient (Wildman–Crippen LogP) is 5.78. The van der Waals surface area contributed by atoms with Gasteiger partial charge in [-0.3, -0.25) is 9.20 Å². The standard InChI is InChI=1S/C24H26N4OS/c1-5-27(6-2)19-11-12-20(17(4)13-19)25-23(29)22-15-30-24-26-21(14-28(22)24)18-9-7-16(3)8-10-18/h7-15H,5-6H2,1-4H3,(H,25,29). The third-order valence-corrected chi connectivity index (χ3v) is 6.22. The Bertz CT molecular complexity index is 1190. The molecule has 2 heterocycles. The quantitative estimate of drug-likeness (QED) is 0.432. The third-order valence-electron chi connectivity index (χ3n) is 5.38. The molecule has 0 radical (unpaired) electrons. The average molecular weight is 419 g/mol. The molecule has 6 heteroatoms. The van der Waals surface area contributed by atoms with E-state index in [1.807, 2.05) is 29.0 Å². The van der Waals surface area contributed by atoms with Crippen molar-refractivity contribution < 1.29 is 4.79 Å². The minimum absolute atomic E-state index is 0.132. The molecule has 0 spiro atoms. The number of anilines is 2. The van der Waals surface area contributed by atoms with Gasteiger partial charge in [0.1, 0.15) is 5.69 Å². The van der Waals surface area contributed by atoms with Crippen molar-refractivity contribution in [3.63, 3.8) is 0 Å². The number of hydrogen-bond acceptors (Lipinski definition) is 4. The van der Waals surface area contributed by atoms with E-state index in [-0.39, 0.29) is 5.91 Å². The van der Waals surface area contributed by atoms with Gasteiger partial charge in [0.05, 0.1) is 5.69 Å². The molecule has 4 aromatic rings. The van der Waals surface area contributed by atoms with E-state index in [9.17, 15) is 4.79 Å². The van der Waals surface area contributed by atoms with Crippen molar-refractivity contribution in [1.82, 2.24) is 9.38 Å². The number of rotatable bonds is 6. The van der Waals surface area contributed by atoms with Gasteiger partial charge in [0.2, 0.25) is 0 Å². The molecule has 154 valence electrons. The summed E-state index contributed by atoms with van der Waals surface area (Å²) in [6.07, 6.45) is 1.93. The van der Waals surface area contributed by atoms with Gasteiger partial charge in [-0.25, -0.2) is 4.98 Å². The summed E-state index contributed by atoms with van der Waals surface area (Å²) in [4.78, 5) is 20.8. The lowest BCUT2D eigenvalue weighted by Crippen LogP contribution is -2.22. The Kier molecular flexibility index (Phi) is 5.59. The number of carbonyl (C=O) groups excluding carboxylic acids is 1. The molecule has 0 saturated heterocycles. The van der Waals surface area contributed by atoms with Crippen molar-refractivity contribution in [2.45, 2.75) is 27.7 Å². The van der Waals surface area contributed by atoms with Crippen molar-refractivity contribution in [2.75, 3.05) is 23.3 Å². The van der Waals surface area contributed by atoms with Crippen LogP contribution in [0.25, 0.3) is 16.2 Å². The normalized spacial score (nSPS) is 11.1. The molecule has 1 amide bonds. The fourth-order valence-electron chi connectivity index (χ4n) is 3.57. The summed E-state index contributed by atoms with van der Waals surface area (Å²) in [5, 5.41) is 4.92. The molecule has 0 aliphatic heterocycles. The summed E-state index contributed by atoms with van der Waals surface area (Å²) in [5.74, 6) is -0.132. The van der Waals surface area contributed by atoms with Gasteiger partial charge < -0.3 is 10.2 Å². The summed E-state index contributed by atoms with van der Waals surface area (Å²) < 4.78 is 1.87. The van der Waals surface area contributed by atoms with E-state index in [2.05, 4.69) is 72.4 Å². The van der Waals surface area contributed by atoms with E-state index in [0.29, 0.717) is 5.69 Å². The van der Waals surface area contributed by atoms with Gasteiger partial charge >= 0.3 is 0 Å². The first-order chi connectivity index (χ1) is 14.5. The zero-order chi connectivity index (χ0) is 21.3. The second-order valence-electron chi connectivity index (χ2n) is 7.39. The lowest BCUT2D eigenvalue weighted by Gasteiger charge is -2.22. The van der Waals surface area contributed by atoms with Crippen LogP contribution >= 0.6 is 11.3 Å². The molecule has 30 heavy (non-hydrogen) atoms. The van der Waals surface area contributed by atoms with Crippen molar-refractivity contribution in [3.05, 3.63) is 70.9 Å². The minimum Gasteiger partial charge on any atom is -0.372 e. The Morgan fingerprint density at radius 3 is 2.50 bits per heavy atom. The maximum atomic E-state index is 13.0. The van der Waals surface area contributed by atoms with Crippen LogP contribution in [-0.4, -0.2) is 28.4 Å². The molecule has 0 aliphatic rings. The van der Waals surface area contributed by atoms with E-state index in [0.717, 1.165) is 40.6 Å². The van der Waals surface area contributed by atoms with Crippen LogP contribution in [0.15, 0.2) is 54.0 Å².